The van der Waals surface area contributed by atoms with Crippen LogP contribution in [0.5, 0.6) is 11.5 Å². The van der Waals surface area contributed by atoms with Gasteiger partial charge in [0.1, 0.15) is 82.6 Å². The van der Waals surface area contributed by atoms with Gasteiger partial charge in [-0.15, -0.1) is 0 Å². The third-order valence-electron chi connectivity index (χ3n) is 12.9. The van der Waals surface area contributed by atoms with Crippen LogP contribution in [-0.2, 0) is 0 Å². The van der Waals surface area contributed by atoms with Crippen molar-refractivity contribution in [2.45, 2.75) is 25.9 Å². The normalized spacial score (nSPS) is 11.6. The van der Waals surface area contributed by atoms with E-state index < -0.39 is 58.1 Å². The van der Waals surface area contributed by atoms with Crippen molar-refractivity contribution in [3.63, 3.8) is 0 Å². The molecule has 0 amide bonds. The first-order valence-electron chi connectivity index (χ1n) is 24.7. The van der Waals surface area contributed by atoms with Crippen molar-refractivity contribution in [1.82, 2.24) is 38.7 Å². The zero-order valence-corrected chi connectivity index (χ0v) is 44.2. The molecular formula is C58H42F6N16O4. The number of halogens is 6. The van der Waals surface area contributed by atoms with Crippen LogP contribution >= 0.6 is 0 Å². The largest absolute Gasteiger partial charge is 0.492 e. The Bertz CT molecular complexity index is 4260. The Labute approximate surface area is 471 Å². The quantitative estimate of drug-likeness (QED) is 0.0436. The van der Waals surface area contributed by atoms with Gasteiger partial charge in [0.15, 0.2) is 23.1 Å². The summed E-state index contributed by atoms with van der Waals surface area (Å²) in [5.74, 6) is -4.90. The summed E-state index contributed by atoms with van der Waals surface area (Å²) in [6.07, 6.45) is 4.28. The predicted molar refractivity (Wildman–Crippen MR) is 298 cm³/mol. The van der Waals surface area contributed by atoms with E-state index in [-0.39, 0.29) is 125 Å². The highest BCUT2D eigenvalue weighted by atomic mass is 19.1. The first kappa shape index (κ1) is 57.2. The number of anilines is 4. The maximum absolute atomic E-state index is 14.7. The Morgan fingerprint density at radius 3 is 1.32 bits per heavy atom. The highest BCUT2D eigenvalue weighted by Crippen LogP contribution is 2.34. The van der Waals surface area contributed by atoms with Crippen LogP contribution in [-0.4, -0.2) is 64.3 Å². The fourth-order valence-electron chi connectivity index (χ4n) is 9.12. The number of fused-ring (bicyclic) bond motifs is 2. The molecule has 2 atom stereocenters. The van der Waals surface area contributed by atoms with Crippen LogP contribution in [0, 0.1) is 68.4 Å². The number of pyridine rings is 2. The molecule has 0 radical (unpaired) electrons. The molecule has 20 nitrogen and oxygen atoms in total. The Balaban J connectivity index is 0.000000202. The number of nitrogens with one attached hydrogen (secondary N) is 4. The number of nitrogens with two attached hydrogens (primary N) is 2. The van der Waals surface area contributed by atoms with Gasteiger partial charge in [-0.25, -0.2) is 56.2 Å². The highest BCUT2D eigenvalue weighted by molar-refractivity contribution is 6.17. The van der Waals surface area contributed by atoms with Gasteiger partial charge in [0.2, 0.25) is 0 Å². The number of methoxy groups -OCH3 is 2. The Hall–Kier alpha value is -11.5. The van der Waals surface area contributed by atoms with Crippen LogP contribution in [0.15, 0.2) is 132 Å². The van der Waals surface area contributed by atoms with Crippen molar-refractivity contribution in [3.05, 3.63) is 222 Å². The zero-order chi connectivity index (χ0) is 60.3. The average Bonchev–Trinajstić information content (AvgIpc) is 3.53. The van der Waals surface area contributed by atoms with E-state index in [2.05, 4.69) is 40.5 Å². The number of hydrogen-bond donors (Lipinski definition) is 6. The minimum atomic E-state index is -0.855. The number of nitriles is 2. The van der Waals surface area contributed by atoms with Crippen LogP contribution in [0.1, 0.15) is 70.7 Å². The van der Waals surface area contributed by atoms with Gasteiger partial charge in [-0.1, -0.05) is 24.3 Å². The molecule has 0 aliphatic carbocycles. The van der Waals surface area contributed by atoms with Crippen LogP contribution in [0.3, 0.4) is 0 Å². The minimum absolute atomic E-state index is 0.00611. The Morgan fingerprint density at radius 1 is 0.571 bits per heavy atom. The van der Waals surface area contributed by atoms with Crippen LogP contribution in [0.2, 0.25) is 0 Å². The predicted octanol–water partition coefficient (Wildman–Crippen LogP) is 9.24. The molecule has 10 aromatic rings. The molecule has 0 spiro atoms. The number of nitrogens with zero attached hydrogens (tertiary/aromatic N) is 10. The average molecular weight is 1140 g/mol. The van der Waals surface area contributed by atoms with Gasteiger partial charge in [0.05, 0.1) is 82.5 Å². The Kier molecular flexibility index (Phi) is 16.1. The maximum Gasteiger partial charge on any atom is 0.266 e. The van der Waals surface area contributed by atoms with Gasteiger partial charge in [-0.2, -0.15) is 10.5 Å². The fourth-order valence-corrected chi connectivity index (χ4v) is 9.12. The molecule has 84 heavy (non-hydrogen) atoms. The van der Waals surface area contributed by atoms with Crippen molar-refractivity contribution < 1.29 is 35.8 Å². The standard InChI is InChI=1S/2C29H21F3N8O2/c2*1-14(25-22(15-4-3-5-18(30)9-15)29(41)40-12-19(31)6-7-21(40)39-25)38-28-23(27(35)36-13-37-28)24(34)16-8-17(11-33)26(42-2)20(32)10-16/h2*3-10,12-14,34H,1-2H3,(H3,35,36,37,38)/t2*14-/m10/s1. The second kappa shape index (κ2) is 23.7. The number of benzene rings is 4. The molecule has 10 rings (SSSR count). The molecule has 0 aliphatic heterocycles. The van der Waals surface area contributed by atoms with E-state index in [1.807, 2.05) is 12.1 Å². The smallest absolute Gasteiger partial charge is 0.266 e. The topological polar surface area (TPSA) is 310 Å². The van der Waals surface area contributed by atoms with Gasteiger partial charge in [0.25, 0.3) is 11.1 Å². The van der Waals surface area contributed by atoms with Crippen LogP contribution < -0.4 is 42.7 Å². The third kappa shape index (κ3) is 11.2. The number of ether oxygens (including phenoxy) is 2. The summed E-state index contributed by atoms with van der Waals surface area (Å²) in [5, 5.41) is 42.6. The first-order chi connectivity index (χ1) is 40.2. The van der Waals surface area contributed by atoms with Crippen molar-refractivity contribution in [3.8, 4) is 45.9 Å². The van der Waals surface area contributed by atoms with E-state index >= 15 is 0 Å². The molecule has 0 aliphatic rings. The van der Waals surface area contributed by atoms with Gasteiger partial charge in [-0.3, -0.25) is 29.2 Å². The van der Waals surface area contributed by atoms with E-state index in [0.29, 0.717) is 0 Å². The summed E-state index contributed by atoms with van der Waals surface area (Å²) in [4.78, 5) is 52.7. The molecule has 0 bridgehead atoms. The number of rotatable bonds is 14. The van der Waals surface area contributed by atoms with Gasteiger partial charge < -0.3 is 31.6 Å². The monoisotopic (exact) mass is 1140 g/mol. The number of nitrogen functional groups attached to an aromatic ring is 2. The molecule has 8 N–H and O–H groups in total. The zero-order valence-electron chi connectivity index (χ0n) is 44.2. The second-order valence-electron chi connectivity index (χ2n) is 18.3. The minimum Gasteiger partial charge on any atom is -0.492 e. The molecule has 6 aromatic heterocycles. The lowest BCUT2D eigenvalue weighted by molar-refractivity contribution is 0.385. The summed E-state index contributed by atoms with van der Waals surface area (Å²) in [6.45, 7) is 3.30. The van der Waals surface area contributed by atoms with Crippen molar-refractivity contribution in [1.29, 1.82) is 21.3 Å². The SMILES string of the molecule is COc1c(F)cc(C(=N)c2c(N)ncnc2N[C@@H](C)c2nc3ccc(F)cn3c(=O)c2-c2cccc(F)c2)cc1C#N.COc1c(F)cc(C(=N)c2c(N)ncnc2N[C@H](C)c2nc3ccc(F)cn3c(=O)c2-c2cccc(F)c2)cc1C#N. The molecule has 0 saturated heterocycles. The first-order valence-corrected chi connectivity index (χ1v) is 24.7. The Morgan fingerprint density at radius 2 is 0.964 bits per heavy atom. The number of hydrogen-bond acceptors (Lipinski definition) is 18. The van der Waals surface area contributed by atoms with Gasteiger partial charge in [0, 0.05) is 23.5 Å². The summed E-state index contributed by atoms with van der Waals surface area (Å²) in [6, 6.07) is 22.3. The summed E-state index contributed by atoms with van der Waals surface area (Å²) in [7, 11) is 2.44. The molecule has 6 heterocycles. The van der Waals surface area contributed by atoms with Crippen LogP contribution in [0.25, 0.3) is 33.5 Å². The lowest BCUT2D eigenvalue weighted by Gasteiger charge is -2.21. The van der Waals surface area contributed by atoms with E-state index in [1.165, 1.54) is 74.9 Å². The lowest BCUT2D eigenvalue weighted by atomic mass is 9.99. The summed E-state index contributed by atoms with van der Waals surface area (Å²) >= 11 is 0. The molecule has 0 fully saturated rings. The van der Waals surface area contributed by atoms with Crippen molar-refractivity contribution in [2.75, 3.05) is 36.3 Å². The summed E-state index contributed by atoms with van der Waals surface area (Å²) < 4.78 is 97.8. The lowest BCUT2D eigenvalue weighted by Crippen LogP contribution is -2.24. The third-order valence-corrected chi connectivity index (χ3v) is 12.9. The van der Waals surface area contributed by atoms with Crippen LogP contribution in [0.4, 0.5) is 49.6 Å². The molecule has 420 valence electrons. The van der Waals surface area contributed by atoms with Gasteiger partial charge in [-0.05, 0) is 97.8 Å². The van der Waals surface area contributed by atoms with E-state index in [1.54, 1.807) is 13.8 Å². The summed E-state index contributed by atoms with van der Waals surface area (Å²) in [5.41, 5.74) is 11.2. The maximum atomic E-state index is 14.7. The highest BCUT2D eigenvalue weighted by Gasteiger charge is 2.27. The van der Waals surface area contributed by atoms with E-state index in [9.17, 15) is 46.5 Å². The number of aromatic nitrogens is 8. The molecular weight excluding hydrogens is 1100 g/mol. The second-order valence-corrected chi connectivity index (χ2v) is 18.3. The van der Waals surface area contributed by atoms with Crippen molar-refractivity contribution in [2.24, 2.45) is 0 Å². The molecule has 26 heteroatoms. The van der Waals surface area contributed by atoms with E-state index in [4.69, 9.17) is 31.8 Å². The molecule has 0 unspecified atom stereocenters. The van der Waals surface area contributed by atoms with E-state index in [0.717, 1.165) is 70.2 Å². The van der Waals surface area contributed by atoms with Gasteiger partial charge >= 0.3 is 0 Å². The molecule has 0 saturated carbocycles. The fraction of sp³-hybridized carbons (Fsp3) is 0.103. The van der Waals surface area contributed by atoms with Crippen molar-refractivity contribution >= 4 is 46.0 Å². The molecule has 4 aromatic carbocycles.